The normalized spacial score (nSPS) is 9.58. The Balaban J connectivity index is 2.15. The molecule has 0 aliphatic heterocycles. The summed E-state index contributed by atoms with van der Waals surface area (Å²) in [6.07, 6.45) is 1.35. The lowest BCUT2D eigenvalue weighted by molar-refractivity contribution is 0.101. The van der Waals surface area contributed by atoms with Crippen LogP contribution in [0.5, 0.6) is 0 Å². The van der Waals surface area contributed by atoms with Crippen LogP contribution >= 0.6 is 0 Å². The number of anilines is 1. The van der Waals surface area contributed by atoms with Crippen LogP contribution in [0, 0.1) is 18.8 Å². The first-order valence-corrected chi connectivity index (χ1v) is 5.72. The molecule has 0 atom stereocenters. The van der Waals surface area contributed by atoms with Crippen molar-refractivity contribution in [3.05, 3.63) is 47.3 Å². The molecule has 96 valence electrons. The zero-order valence-corrected chi connectivity index (χ0v) is 10.4. The van der Waals surface area contributed by atoms with Gasteiger partial charge in [0.2, 0.25) is 0 Å². The van der Waals surface area contributed by atoms with E-state index in [-0.39, 0.29) is 11.6 Å². The van der Waals surface area contributed by atoms with Gasteiger partial charge < -0.3 is 15.6 Å². The summed E-state index contributed by atoms with van der Waals surface area (Å²) < 4.78 is 4.63. The Hall–Kier alpha value is -2.58. The van der Waals surface area contributed by atoms with E-state index in [1.54, 1.807) is 6.07 Å². The van der Waals surface area contributed by atoms with Gasteiger partial charge in [0.15, 0.2) is 5.69 Å². The van der Waals surface area contributed by atoms with Crippen LogP contribution in [-0.2, 0) is 0 Å². The standard InChI is InChI=1S/C14H13N3O2/c1-10-9-11(3-2-7-15)4-5-12(10)16-14(18)13-6-8-19-17-13/h4-6,8-9H,7,15H2,1H3,(H,16,18). The first-order chi connectivity index (χ1) is 9.20. The number of nitrogens with one attached hydrogen (secondary N) is 1. The quantitative estimate of drug-likeness (QED) is 0.798. The van der Waals surface area contributed by atoms with E-state index in [2.05, 4.69) is 26.8 Å². The van der Waals surface area contributed by atoms with E-state index in [1.807, 2.05) is 19.1 Å². The topological polar surface area (TPSA) is 81.1 Å². The summed E-state index contributed by atoms with van der Waals surface area (Å²) >= 11 is 0. The second-order valence-electron chi connectivity index (χ2n) is 3.87. The molecule has 1 heterocycles. The number of nitrogens with two attached hydrogens (primary N) is 1. The maximum atomic E-state index is 11.8. The highest BCUT2D eigenvalue weighted by Gasteiger charge is 2.10. The molecule has 2 rings (SSSR count). The van der Waals surface area contributed by atoms with Crippen LogP contribution in [0.25, 0.3) is 0 Å². The van der Waals surface area contributed by atoms with Crippen LogP contribution in [0.4, 0.5) is 5.69 Å². The number of aromatic nitrogens is 1. The summed E-state index contributed by atoms with van der Waals surface area (Å²) in [4.78, 5) is 11.8. The molecular weight excluding hydrogens is 242 g/mol. The van der Waals surface area contributed by atoms with Crippen LogP contribution in [0.15, 0.2) is 35.1 Å². The largest absolute Gasteiger partial charge is 0.364 e. The number of nitrogens with zero attached hydrogens (tertiary/aromatic N) is 1. The molecule has 0 spiro atoms. The van der Waals surface area contributed by atoms with Crippen LogP contribution < -0.4 is 11.1 Å². The summed E-state index contributed by atoms with van der Waals surface area (Å²) in [5.74, 6) is 5.41. The second kappa shape index (κ2) is 5.85. The Kier molecular flexibility index (Phi) is 3.96. The molecule has 0 saturated heterocycles. The SMILES string of the molecule is Cc1cc(C#CCN)ccc1NC(=O)c1ccon1. The fourth-order valence-electron chi connectivity index (χ4n) is 1.55. The number of hydrogen-bond acceptors (Lipinski definition) is 4. The molecule has 19 heavy (non-hydrogen) atoms. The molecule has 5 heteroatoms. The van der Waals surface area contributed by atoms with Gasteiger partial charge in [-0.05, 0) is 30.7 Å². The zero-order chi connectivity index (χ0) is 13.7. The Labute approximate surface area is 110 Å². The Bertz CT molecular complexity index is 636. The minimum atomic E-state index is -0.308. The Morgan fingerprint density at radius 3 is 2.95 bits per heavy atom. The van der Waals surface area contributed by atoms with Gasteiger partial charge in [0.05, 0.1) is 6.54 Å². The van der Waals surface area contributed by atoms with Crippen LogP contribution in [0.3, 0.4) is 0 Å². The number of amides is 1. The van der Waals surface area contributed by atoms with E-state index in [0.29, 0.717) is 12.2 Å². The van der Waals surface area contributed by atoms with E-state index < -0.39 is 0 Å². The maximum absolute atomic E-state index is 11.8. The van der Waals surface area contributed by atoms with Gasteiger partial charge in [-0.1, -0.05) is 17.0 Å². The smallest absolute Gasteiger partial charge is 0.277 e. The molecule has 3 N–H and O–H groups in total. The van der Waals surface area contributed by atoms with Gasteiger partial charge in [-0.2, -0.15) is 0 Å². The molecule has 1 aromatic heterocycles. The second-order valence-corrected chi connectivity index (χ2v) is 3.87. The molecule has 0 saturated carbocycles. The zero-order valence-electron chi connectivity index (χ0n) is 10.4. The van der Waals surface area contributed by atoms with Crippen molar-refractivity contribution in [2.45, 2.75) is 6.92 Å². The fraction of sp³-hybridized carbons (Fsp3) is 0.143. The molecule has 1 aromatic carbocycles. The van der Waals surface area contributed by atoms with Crippen molar-refractivity contribution in [1.29, 1.82) is 0 Å². The number of benzene rings is 1. The van der Waals surface area contributed by atoms with Crippen LogP contribution in [-0.4, -0.2) is 17.6 Å². The maximum Gasteiger partial charge on any atom is 0.277 e. The third-order valence-electron chi connectivity index (χ3n) is 2.48. The number of aryl methyl sites for hydroxylation is 1. The van der Waals surface area contributed by atoms with Crippen molar-refractivity contribution in [3.63, 3.8) is 0 Å². The van der Waals surface area contributed by atoms with Gasteiger partial charge >= 0.3 is 0 Å². The van der Waals surface area contributed by atoms with Gasteiger partial charge in [-0.15, -0.1) is 0 Å². The lowest BCUT2D eigenvalue weighted by Crippen LogP contribution is -2.13. The summed E-state index contributed by atoms with van der Waals surface area (Å²) in [5, 5.41) is 6.34. The van der Waals surface area contributed by atoms with Gasteiger partial charge in [0.25, 0.3) is 5.91 Å². The van der Waals surface area contributed by atoms with E-state index in [9.17, 15) is 4.79 Å². The molecular formula is C14H13N3O2. The monoisotopic (exact) mass is 255 g/mol. The van der Waals surface area contributed by atoms with Gasteiger partial charge in [-0.25, -0.2) is 0 Å². The first kappa shape index (κ1) is 12.9. The van der Waals surface area contributed by atoms with Gasteiger partial charge in [0.1, 0.15) is 6.26 Å². The molecule has 0 fully saturated rings. The summed E-state index contributed by atoms with van der Waals surface area (Å²) in [6.45, 7) is 2.22. The average molecular weight is 255 g/mol. The average Bonchev–Trinajstić information content (AvgIpc) is 2.93. The van der Waals surface area contributed by atoms with Crippen molar-refractivity contribution in [2.75, 3.05) is 11.9 Å². The minimum Gasteiger partial charge on any atom is -0.364 e. The lowest BCUT2D eigenvalue weighted by atomic mass is 10.1. The van der Waals surface area contributed by atoms with Crippen molar-refractivity contribution in [1.82, 2.24) is 5.16 Å². The molecule has 5 nitrogen and oxygen atoms in total. The Morgan fingerprint density at radius 1 is 1.47 bits per heavy atom. The molecule has 0 aliphatic carbocycles. The van der Waals surface area contributed by atoms with E-state index in [1.165, 1.54) is 12.3 Å². The van der Waals surface area contributed by atoms with Crippen molar-refractivity contribution in [3.8, 4) is 11.8 Å². The fourth-order valence-corrected chi connectivity index (χ4v) is 1.55. The molecule has 0 radical (unpaired) electrons. The summed E-state index contributed by atoms with van der Waals surface area (Å²) in [5.41, 5.74) is 8.05. The van der Waals surface area contributed by atoms with Crippen molar-refractivity contribution in [2.24, 2.45) is 5.73 Å². The van der Waals surface area contributed by atoms with Crippen LogP contribution in [0.1, 0.15) is 21.6 Å². The van der Waals surface area contributed by atoms with E-state index in [0.717, 1.165) is 11.1 Å². The third-order valence-corrected chi connectivity index (χ3v) is 2.48. The van der Waals surface area contributed by atoms with E-state index in [4.69, 9.17) is 5.73 Å². The predicted molar refractivity (Wildman–Crippen MR) is 71.6 cm³/mol. The molecule has 0 bridgehead atoms. The number of carbonyl (C=O) groups is 1. The summed E-state index contributed by atoms with van der Waals surface area (Å²) in [6, 6.07) is 7.02. The summed E-state index contributed by atoms with van der Waals surface area (Å²) in [7, 11) is 0. The van der Waals surface area contributed by atoms with Gasteiger partial charge in [-0.3, -0.25) is 4.79 Å². The minimum absolute atomic E-state index is 0.242. The lowest BCUT2D eigenvalue weighted by Gasteiger charge is -2.07. The highest BCUT2D eigenvalue weighted by Crippen LogP contribution is 2.16. The number of hydrogen-bond donors (Lipinski definition) is 2. The first-order valence-electron chi connectivity index (χ1n) is 5.72. The molecule has 1 amide bonds. The van der Waals surface area contributed by atoms with Crippen molar-refractivity contribution >= 4 is 11.6 Å². The molecule has 2 aromatic rings. The van der Waals surface area contributed by atoms with Crippen LogP contribution in [0.2, 0.25) is 0 Å². The highest BCUT2D eigenvalue weighted by molar-refractivity contribution is 6.03. The third kappa shape index (κ3) is 3.21. The highest BCUT2D eigenvalue weighted by atomic mass is 16.5. The molecule has 0 unspecified atom stereocenters. The van der Waals surface area contributed by atoms with Gasteiger partial charge in [0, 0.05) is 17.3 Å². The van der Waals surface area contributed by atoms with E-state index >= 15 is 0 Å². The van der Waals surface area contributed by atoms with Crippen molar-refractivity contribution < 1.29 is 9.32 Å². The predicted octanol–water partition coefficient (Wildman–Crippen LogP) is 1.55. The number of carbonyl (C=O) groups excluding carboxylic acids is 1. The number of rotatable bonds is 2. The Morgan fingerprint density at radius 2 is 2.32 bits per heavy atom. The molecule has 0 aliphatic rings.